The van der Waals surface area contributed by atoms with Crippen LogP contribution in [0.3, 0.4) is 0 Å². The Bertz CT molecular complexity index is 513. The van der Waals surface area contributed by atoms with Gasteiger partial charge in [0.1, 0.15) is 0 Å². The van der Waals surface area contributed by atoms with Crippen LogP contribution < -0.4 is 0 Å². The zero-order chi connectivity index (χ0) is 14.3. The van der Waals surface area contributed by atoms with Gasteiger partial charge in [-0.1, -0.05) is 31.6 Å². The van der Waals surface area contributed by atoms with E-state index in [1.54, 1.807) is 6.20 Å². The smallest absolute Gasteiger partial charge is 0.0907 e. The van der Waals surface area contributed by atoms with Gasteiger partial charge in [0.05, 0.1) is 19.3 Å². The highest BCUT2D eigenvalue weighted by molar-refractivity contribution is 5.26. The van der Waals surface area contributed by atoms with Crippen molar-refractivity contribution in [1.82, 2.24) is 4.98 Å². The molecule has 0 spiro atoms. The number of nitrogens with zero attached hydrogens (tertiary/aromatic N) is 1. The number of hydrogen-bond acceptors (Lipinski definition) is 3. The van der Waals surface area contributed by atoms with Gasteiger partial charge in [0.2, 0.25) is 0 Å². The number of pyridine rings is 1. The van der Waals surface area contributed by atoms with Gasteiger partial charge >= 0.3 is 0 Å². The van der Waals surface area contributed by atoms with Crippen molar-refractivity contribution in [1.29, 1.82) is 0 Å². The molecular weight excluding hydrogens is 250 g/mol. The summed E-state index contributed by atoms with van der Waals surface area (Å²) < 4.78 is 6.20. The first-order chi connectivity index (χ1) is 9.60. The lowest BCUT2D eigenvalue weighted by Gasteiger charge is -2.55. The van der Waals surface area contributed by atoms with Crippen molar-refractivity contribution in [2.24, 2.45) is 23.2 Å². The van der Waals surface area contributed by atoms with Gasteiger partial charge in [0.25, 0.3) is 0 Å². The van der Waals surface area contributed by atoms with Crippen molar-refractivity contribution >= 4 is 0 Å². The first-order valence-corrected chi connectivity index (χ1v) is 7.41. The molecule has 1 saturated heterocycles. The minimum atomic E-state index is -0.136. The molecule has 0 saturated carbocycles. The average Bonchev–Trinajstić information content (AvgIpc) is 2.46. The lowest BCUT2D eigenvalue weighted by Crippen LogP contribution is -2.53. The SMILES string of the molecule is CC1=C[C@H](C)[C@@]2(CO)CO[C@H](c3cccnc3)[C@@H]1[C@H]2C. The fourth-order valence-corrected chi connectivity index (χ4v) is 4.13. The minimum absolute atomic E-state index is 0.0575. The van der Waals surface area contributed by atoms with Crippen molar-refractivity contribution < 1.29 is 9.84 Å². The van der Waals surface area contributed by atoms with Gasteiger partial charge in [0.15, 0.2) is 0 Å². The highest BCUT2D eigenvalue weighted by Crippen LogP contribution is 2.55. The minimum Gasteiger partial charge on any atom is -0.396 e. The Morgan fingerprint density at radius 2 is 2.25 bits per heavy atom. The Balaban J connectivity index is 2.02. The van der Waals surface area contributed by atoms with Gasteiger partial charge < -0.3 is 9.84 Å². The Kier molecular flexibility index (Phi) is 3.43. The number of ether oxygens (including phenoxy) is 1. The lowest BCUT2D eigenvalue weighted by atomic mass is 9.56. The molecule has 1 N–H and O–H groups in total. The molecule has 5 atom stereocenters. The van der Waals surface area contributed by atoms with Gasteiger partial charge in [-0.3, -0.25) is 4.98 Å². The second kappa shape index (κ2) is 4.97. The molecule has 1 aliphatic carbocycles. The first-order valence-electron chi connectivity index (χ1n) is 7.41. The van der Waals surface area contributed by atoms with Crippen molar-refractivity contribution in [3.63, 3.8) is 0 Å². The Morgan fingerprint density at radius 1 is 1.45 bits per heavy atom. The summed E-state index contributed by atoms with van der Waals surface area (Å²) in [5, 5.41) is 9.96. The summed E-state index contributed by atoms with van der Waals surface area (Å²) in [5.74, 6) is 1.09. The third-order valence-electron chi connectivity index (χ3n) is 5.56. The van der Waals surface area contributed by atoms with Gasteiger partial charge in [-0.15, -0.1) is 0 Å². The van der Waals surface area contributed by atoms with E-state index in [0.29, 0.717) is 24.4 Å². The van der Waals surface area contributed by atoms with Crippen LogP contribution in [-0.2, 0) is 4.74 Å². The Hall–Kier alpha value is -1.19. The zero-order valence-electron chi connectivity index (χ0n) is 12.4. The molecule has 1 aliphatic heterocycles. The number of aliphatic hydroxyl groups is 1. The van der Waals surface area contributed by atoms with Crippen LogP contribution in [0.2, 0.25) is 0 Å². The molecule has 1 aromatic heterocycles. The summed E-state index contributed by atoms with van der Waals surface area (Å²) >= 11 is 0. The summed E-state index contributed by atoms with van der Waals surface area (Å²) in [6.07, 6.45) is 6.07. The molecule has 3 heteroatoms. The molecule has 1 fully saturated rings. The van der Waals surface area contributed by atoms with E-state index in [0.717, 1.165) is 5.56 Å². The number of hydrogen-bond donors (Lipinski definition) is 1. The quantitative estimate of drug-likeness (QED) is 0.842. The van der Waals surface area contributed by atoms with Crippen molar-refractivity contribution in [2.45, 2.75) is 26.9 Å². The van der Waals surface area contributed by atoms with E-state index < -0.39 is 0 Å². The van der Waals surface area contributed by atoms with E-state index in [4.69, 9.17) is 4.74 Å². The largest absolute Gasteiger partial charge is 0.396 e. The Morgan fingerprint density at radius 3 is 2.90 bits per heavy atom. The van der Waals surface area contributed by atoms with Crippen LogP contribution in [0.5, 0.6) is 0 Å². The molecule has 0 unspecified atom stereocenters. The first kappa shape index (κ1) is 13.8. The molecule has 0 amide bonds. The van der Waals surface area contributed by atoms with E-state index in [1.807, 2.05) is 12.3 Å². The molecule has 2 heterocycles. The van der Waals surface area contributed by atoms with E-state index >= 15 is 0 Å². The molecule has 0 radical (unpaired) electrons. The molecule has 20 heavy (non-hydrogen) atoms. The molecule has 2 aliphatic rings. The van der Waals surface area contributed by atoms with E-state index in [2.05, 4.69) is 37.9 Å². The third kappa shape index (κ3) is 1.84. The molecule has 108 valence electrons. The monoisotopic (exact) mass is 273 g/mol. The topological polar surface area (TPSA) is 42.4 Å². The summed E-state index contributed by atoms with van der Waals surface area (Å²) in [5.41, 5.74) is 2.38. The highest BCUT2D eigenvalue weighted by Gasteiger charge is 2.53. The maximum atomic E-state index is 9.96. The average molecular weight is 273 g/mol. The van der Waals surface area contributed by atoms with Crippen LogP contribution in [0.1, 0.15) is 32.4 Å². The summed E-state index contributed by atoms with van der Waals surface area (Å²) in [7, 11) is 0. The van der Waals surface area contributed by atoms with Crippen LogP contribution in [0.25, 0.3) is 0 Å². The van der Waals surface area contributed by atoms with Crippen LogP contribution >= 0.6 is 0 Å². The summed E-state index contributed by atoms with van der Waals surface area (Å²) in [4.78, 5) is 4.22. The zero-order valence-corrected chi connectivity index (χ0v) is 12.4. The third-order valence-corrected chi connectivity index (χ3v) is 5.56. The number of aliphatic hydroxyl groups excluding tert-OH is 1. The predicted octanol–water partition coefficient (Wildman–Crippen LogP) is 2.98. The molecule has 0 aromatic carbocycles. The normalized spacial score (nSPS) is 40.3. The fraction of sp³-hybridized carbons (Fsp3) is 0.588. The van der Waals surface area contributed by atoms with E-state index in [9.17, 15) is 5.11 Å². The van der Waals surface area contributed by atoms with Gasteiger partial charge in [-0.05, 0) is 30.4 Å². The highest BCUT2D eigenvalue weighted by atomic mass is 16.5. The number of allylic oxidation sites excluding steroid dienone is 1. The maximum absolute atomic E-state index is 9.96. The molecule has 3 rings (SSSR count). The summed E-state index contributed by atoms with van der Waals surface area (Å²) in [6, 6.07) is 4.05. The number of aromatic nitrogens is 1. The van der Waals surface area contributed by atoms with Crippen molar-refractivity contribution in [3.05, 3.63) is 41.7 Å². The molecule has 3 nitrogen and oxygen atoms in total. The Labute approximate surface area is 120 Å². The number of fused-ring (bicyclic) bond motifs is 2. The van der Waals surface area contributed by atoms with Gasteiger partial charge in [-0.2, -0.15) is 0 Å². The van der Waals surface area contributed by atoms with E-state index in [1.165, 1.54) is 5.57 Å². The second-order valence-corrected chi connectivity index (χ2v) is 6.42. The maximum Gasteiger partial charge on any atom is 0.0907 e. The standard InChI is InChI=1S/C17H23NO2/c1-11-7-12(2)17(9-19)10-20-16(15(11)13(17)3)14-5-4-6-18-8-14/h4-8,12-13,15-16,19H,9-10H2,1-3H3/t12-,13+,15-,16+,17+/m0/s1. The van der Waals surface area contributed by atoms with Crippen LogP contribution in [-0.4, -0.2) is 23.3 Å². The second-order valence-electron chi connectivity index (χ2n) is 6.42. The molecule has 2 bridgehead atoms. The van der Waals surface area contributed by atoms with Crippen LogP contribution in [0.15, 0.2) is 36.2 Å². The van der Waals surface area contributed by atoms with Gasteiger partial charge in [0, 0.05) is 23.7 Å². The lowest BCUT2D eigenvalue weighted by molar-refractivity contribution is -0.165. The molecular formula is C17H23NO2. The molecule has 1 aromatic rings. The van der Waals surface area contributed by atoms with Crippen molar-refractivity contribution in [2.75, 3.05) is 13.2 Å². The van der Waals surface area contributed by atoms with Crippen LogP contribution in [0, 0.1) is 23.2 Å². The fourth-order valence-electron chi connectivity index (χ4n) is 4.13. The van der Waals surface area contributed by atoms with E-state index in [-0.39, 0.29) is 18.1 Å². The van der Waals surface area contributed by atoms with Crippen LogP contribution in [0.4, 0.5) is 0 Å². The van der Waals surface area contributed by atoms with Crippen molar-refractivity contribution in [3.8, 4) is 0 Å². The number of rotatable bonds is 2. The van der Waals surface area contributed by atoms with Gasteiger partial charge in [-0.25, -0.2) is 0 Å². The summed E-state index contributed by atoms with van der Waals surface area (Å²) in [6.45, 7) is 7.46. The predicted molar refractivity (Wildman–Crippen MR) is 78.0 cm³/mol.